The molecule has 4 nitrogen and oxygen atoms in total. The van der Waals surface area contributed by atoms with E-state index in [4.69, 9.17) is 4.74 Å². The van der Waals surface area contributed by atoms with Crippen molar-refractivity contribution in [2.45, 2.75) is 25.0 Å². The third-order valence-corrected chi connectivity index (χ3v) is 4.70. The fourth-order valence-electron chi connectivity index (χ4n) is 2.87. The first-order valence-corrected chi connectivity index (χ1v) is 7.95. The van der Waals surface area contributed by atoms with Crippen LogP contribution in [0.4, 0.5) is 0 Å². The summed E-state index contributed by atoms with van der Waals surface area (Å²) in [5.74, 6) is 0.709. The van der Waals surface area contributed by atoms with E-state index in [2.05, 4.69) is 45.3 Å². The maximum absolute atomic E-state index is 10.7. The summed E-state index contributed by atoms with van der Waals surface area (Å²) in [5, 5.41) is 15.0. The Hall–Kier alpha value is -1.17. The standard InChI is InChI=1S/C16H19BrN2O2/c1-21-8-7-19-15(14(17)10-18-19)16(20)13-9-12(13)11-5-3-2-4-6-11/h2-6,10,12-13,16,20H,7-9H2,1H3. The van der Waals surface area contributed by atoms with Gasteiger partial charge in [-0.2, -0.15) is 5.10 Å². The minimum Gasteiger partial charge on any atom is -0.386 e. The number of aliphatic hydroxyl groups is 1. The van der Waals surface area contributed by atoms with Crippen molar-refractivity contribution in [3.8, 4) is 0 Å². The van der Waals surface area contributed by atoms with Gasteiger partial charge in [-0.15, -0.1) is 0 Å². The molecule has 1 N–H and O–H groups in total. The largest absolute Gasteiger partial charge is 0.386 e. The van der Waals surface area contributed by atoms with Crippen molar-refractivity contribution in [1.29, 1.82) is 0 Å². The normalized spacial score (nSPS) is 22.2. The van der Waals surface area contributed by atoms with Gasteiger partial charge in [0.15, 0.2) is 0 Å². The van der Waals surface area contributed by atoms with Gasteiger partial charge in [0.05, 0.1) is 29.5 Å². The Morgan fingerprint density at radius 3 is 2.90 bits per heavy atom. The number of rotatable bonds is 6. The topological polar surface area (TPSA) is 47.3 Å². The van der Waals surface area contributed by atoms with Gasteiger partial charge in [0.25, 0.3) is 0 Å². The fourth-order valence-corrected chi connectivity index (χ4v) is 3.40. The van der Waals surface area contributed by atoms with E-state index < -0.39 is 6.10 Å². The molecule has 0 amide bonds. The number of ether oxygens (including phenoxy) is 1. The SMILES string of the molecule is COCCn1ncc(Br)c1C(O)C1CC1c1ccccc1. The number of nitrogens with zero attached hydrogens (tertiary/aromatic N) is 2. The summed E-state index contributed by atoms with van der Waals surface area (Å²) in [4.78, 5) is 0. The zero-order chi connectivity index (χ0) is 14.8. The van der Waals surface area contributed by atoms with Crippen LogP contribution in [-0.4, -0.2) is 28.6 Å². The zero-order valence-corrected chi connectivity index (χ0v) is 13.5. The molecule has 1 fully saturated rings. The van der Waals surface area contributed by atoms with Gasteiger partial charge >= 0.3 is 0 Å². The molecule has 5 heteroatoms. The molecule has 1 saturated carbocycles. The van der Waals surface area contributed by atoms with E-state index in [0.29, 0.717) is 19.1 Å². The second-order valence-corrected chi connectivity index (χ2v) is 6.31. The lowest BCUT2D eigenvalue weighted by molar-refractivity contribution is 0.132. The van der Waals surface area contributed by atoms with Gasteiger partial charge in [-0.3, -0.25) is 4.68 Å². The van der Waals surface area contributed by atoms with Crippen molar-refractivity contribution in [3.63, 3.8) is 0 Å². The van der Waals surface area contributed by atoms with Gasteiger partial charge in [-0.1, -0.05) is 30.3 Å². The van der Waals surface area contributed by atoms with Crippen LogP contribution in [0, 0.1) is 5.92 Å². The first kappa shape index (κ1) is 14.8. The fraction of sp³-hybridized carbons (Fsp3) is 0.438. The van der Waals surface area contributed by atoms with Crippen LogP contribution in [0.5, 0.6) is 0 Å². The van der Waals surface area contributed by atoms with Crippen LogP contribution in [0.1, 0.15) is 29.7 Å². The first-order valence-electron chi connectivity index (χ1n) is 7.15. The number of methoxy groups -OCH3 is 1. The summed E-state index contributed by atoms with van der Waals surface area (Å²) in [7, 11) is 1.67. The predicted molar refractivity (Wildman–Crippen MR) is 84.1 cm³/mol. The zero-order valence-electron chi connectivity index (χ0n) is 11.9. The van der Waals surface area contributed by atoms with E-state index in [1.807, 2.05) is 10.7 Å². The molecule has 1 heterocycles. The number of aliphatic hydroxyl groups excluding tert-OH is 1. The third-order valence-electron chi connectivity index (χ3n) is 4.09. The number of hydrogen-bond acceptors (Lipinski definition) is 3. The van der Waals surface area contributed by atoms with Gasteiger partial charge in [0.2, 0.25) is 0 Å². The molecule has 2 aromatic rings. The van der Waals surface area contributed by atoms with Gasteiger partial charge in [0.1, 0.15) is 6.10 Å². The van der Waals surface area contributed by atoms with Crippen LogP contribution in [0.3, 0.4) is 0 Å². The van der Waals surface area contributed by atoms with Gasteiger partial charge < -0.3 is 9.84 Å². The molecule has 0 spiro atoms. The van der Waals surface area contributed by atoms with Crippen molar-refractivity contribution in [1.82, 2.24) is 9.78 Å². The second kappa shape index (κ2) is 6.30. The average Bonchev–Trinajstić information content (AvgIpc) is 3.23. The minimum absolute atomic E-state index is 0.265. The minimum atomic E-state index is -0.496. The molecule has 21 heavy (non-hydrogen) atoms. The Morgan fingerprint density at radius 1 is 1.43 bits per heavy atom. The van der Waals surface area contributed by atoms with Gasteiger partial charge in [0, 0.05) is 7.11 Å². The highest BCUT2D eigenvalue weighted by molar-refractivity contribution is 9.10. The quantitative estimate of drug-likeness (QED) is 0.870. The van der Waals surface area contributed by atoms with E-state index >= 15 is 0 Å². The Morgan fingerprint density at radius 2 is 2.19 bits per heavy atom. The van der Waals surface area contributed by atoms with E-state index in [1.54, 1.807) is 13.3 Å². The molecule has 0 saturated heterocycles. The lowest BCUT2D eigenvalue weighted by Crippen LogP contribution is -2.14. The molecule has 3 atom stereocenters. The van der Waals surface area contributed by atoms with Crippen LogP contribution in [-0.2, 0) is 11.3 Å². The second-order valence-electron chi connectivity index (χ2n) is 5.46. The molecule has 0 bridgehead atoms. The maximum Gasteiger partial charge on any atom is 0.100 e. The molecular weight excluding hydrogens is 332 g/mol. The monoisotopic (exact) mass is 350 g/mol. The summed E-state index contributed by atoms with van der Waals surface area (Å²) in [6, 6.07) is 10.4. The third kappa shape index (κ3) is 3.05. The Balaban J connectivity index is 1.75. The molecule has 1 aromatic carbocycles. The Kier molecular flexibility index (Phi) is 4.42. The molecular formula is C16H19BrN2O2. The summed E-state index contributed by atoms with van der Waals surface area (Å²) < 4.78 is 7.80. The summed E-state index contributed by atoms with van der Waals surface area (Å²) in [6.45, 7) is 1.23. The highest BCUT2D eigenvalue weighted by atomic mass is 79.9. The molecule has 1 aliphatic carbocycles. The summed E-state index contributed by atoms with van der Waals surface area (Å²) in [6.07, 6.45) is 2.27. The number of benzene rings is 1. The number of halogens is 1. The van der Waals surface area contributed by atoms with Crippen LogP contribution in [0.25, 0.3) is 0 Å². The lowest BCUT2D eigenvalue weighted by Gasteiger charge is -2.14. The van der Waals surface area contributed by atoms with Crippen molar-refractivity contribution < 1.29 is 9.84 Å². The van der Waals surface area contributed by atoms with E-state index in [9.17, 15) is 5.11 Å². The average molecular weight is 351 g/mol. The van der Waals surface area contributed by atoms with Crippen molar-refractivity contribution in [3.05, 3.63) is 52.3 Å². The van der Waals surface area contributed by atoms with E-state index in [1.165, 1.54) is 5.56 Å². The van der Waals surface area contributed by atoms with Crippen molar-refractivity contribution in [2.24, 2.45) is 5.92 Å². The highest BCUT2D eigenvalue weighted by Gasteiger charge is 2.45. The molecule has 3 unspecified atom stereocenters. The summed E-state index contributed by atoms with van der Waals surface area (Å²) in [5.41, 5.74) is 2.16. The smallest absolute Gasteiger partial charge is 0.100 e. The maximum atomic E-state index is 10.7. The Labute approximate surface area is 132 Å². The molecule has 3 rings (SSSR count). The Bertz CT molecular complexity index is 600. The van der Waals surface area contributed by atoms with Crippen LogP contribution in [0.2, 0.25) is 0 Å². The van der Waals surface area contributed by atoms with Crippen LogP contribution < -0.4 is 0 Å². The van der Waals surface area contributed by atoms with Crippen molar-refractivity contribution >= 4 is 15.9 Å². The van der Waals surface area contributed by atoms with E-state index in [0.717, 1.165) is 16.6 Å². The van der Waals surface area contributed by atoms with Gasteiger partial charge in [-0.25, -0.2) is 0 Å². The van der Waals surface area contributed by atoms with Crippen LogP contribution in [0.15, 0.2) is 41.0 Å². The molecule has 1 aromatic heterocycles. The van der Waals surface area contributed by atoms with E-state index in [-0.39, 0.29) is 5.92 Å². The first-order chi connectivity index (χ1) is 10.2. The van der Waals surface area contributed by atoms with Crippen LogP contribution >= 0.6 is 15.9 Å². The molecule has 0 radical (unpaired) electrons. The molecule has 0 aliphatic heterocycles. The lowest BCUT2D eigenvalue weighted by atomic mass is 10.1. The number of aromatic nitrogens is 2. The van der Waals surface area contributed by atoms with Gasteiger partial charge in [-0.05, 0) is 39.8 Å². The predicted octanol–water partition coefficient (Wildman–Crippen LogP) is 3.13. The van der Waals surface area contributed by atoms with Crippen molar-refractivity contribution in [2.75, 3.05) is 13.7 Å². The molecule has 1 aliphatic rings. The highest BCUT2D eigenvalue weighted by Crippen LogP contribution is 2.54. The molecule has 112 valence electrons. The summed E-state index contributed by atoms with van der Waals surface area (Å²) >= 11 is 3.50. The number of hydrogen-bond donors (Lipinski definition) is 1.